The van der Waals surface area contributed by atoms with Crippen molar-refractivity contribution in [3.05, 3.63) is 63.1 Å². The van der Waals surface area contributed by atoms with Crippen molar-refractivity contribution in [3.63, 3.8) is 0 Å². The summed E-state index contributed by atoms with van der Waals surface area (Å²) < 4.78 is 6.86. The molecule has 1 atom stereocenters. The van der Waals surface area contributed by atoms with Crippen LogP contribution in [-0.2, 0) is 6.42 Å². The smallest absolute Gasteiger partial charge is 0.122 e. The van der Waals surface area contributed by atoms with Gasteiger partial charge in [0.25, 0.3) is 0 Å². The summed E-state index contributed by atoms with van der Waals surface area (Å²) in [5.41, 5.74) is 5.12. The number of aryl methyl sites for hydroxylation is 2. The molecule has 0 bridgehead atoms. The van der Waals surface area contributed by atoms with Gasteiger partial charge in [-0.15, -0.1) is 0 Å². The molecule has 0 saturated heterocycles. The van der Waals surface area contributed by atoms with Crippen molar-refractivity contribution in [2.75, 3.05) is 6.61 Å². The Morgan fingerprint density at radius 2 is 2.05 bits per heavy atom. The second-order valence-corrected chi connectivity index (χ2v) is 6.87. The predicted molar refractivity (Wildman–Crippen MR) is 89.9 cm³/mol. The minimum absolute atomic E-state index is 0.198. The summed E-state index contributed by atoms with van der Waals surface area (Å²) in [6.45, 7) is 2.96. The third-order valence-electron chi connectivity index (χ3n) is 3.72. The summed E-state index contributed by atoms with van der Waals surface area (Å²) >= 11 is 7.53. The van der Waals surface area contributed by atoms with Gasteiger partial charge >= 0.3 is 0 Å². The van der Waals surface area contributed by atoms with Gasteiger partial charge in [0.1, 0.15) is 5.75 Å². The van der Waals surface area contributed by atoms with Crippen molar-refractivity contribution in [3.8, 4) is 5.75 Å². The van der Waals surface area contributed by atoms with Crippen LogP contribution >= 0.6 is 31.9 Å². The molecular formula is C17H16Br2O. The Morgan fingerprint density at radius 1 is 1.20 bits per heavy atom. The first kappa shape index (κ1) is 14.2. The van der Waals surface area contributed by atoms with E-state index in [0.717, 1.165) is 25.2 Å². The maximum Gasteiger partial charge on any atom is 0.122 e. The van der Waals surface area contributed by atoms with Crippen LogP contribution in [0.15, 0.2) is 40.9 Å². The van der Waals surface area contributed by atoms with Crippen LogP contribution < -0.4 is 4.74 Å². The van der Waals surface area contributed by atoms with E-state index < -0.39 is 0 Å². The van der Waals surface area contributed by atoms with Gasteiger partial charge < -0.3 is 4.74 Å². The van der Waals surface area contributed by atoms with Gasteiger partial charge in [-0.1, -0.05) is 62.2 Å². The monoisotopic (exact) mass is 394 g/mol. The number of hydrogen-bond donors (Lipinski definition) is 0. The number of benzene rings is 2. The standard InChI is InChI=1S/C17H16Br2O/c1-11-4-2-6-14(16(11)18)17(19)13-7-8-15-12(10-13)5-3-9-20-15/h2,4,6-8,10,17H,3,5,9H2,1H3. The van der Waals surface area contributed by atoms with Crippen molar-refractivity contribution in [2.24, 2.45) is 0 Å². The lowest BCUT2D eigenvalue weighted by Gasteiger charge is -2.20. The van der Waals surface area contributed by atoms with E-state index in [0.29, 0.717) is 0 Å². The normalized spacial score (nSPS) is 15.3. The minimum atomic E-state index is 0.198. The molecule has 0 N–H and O–H groups in total. The molecule has 0 aliphatic carbocycles. The number of hydrogen-bond acceptors (Lipinski definition) is 1. The fraction of sp³-hybridized carbons (Fsp3) is 0.294. The SMILES string of the molecule is Cc1cccc(C(Br)c2ccc3c(c2)CCCO3)c1Br. The topological polar surface area (TPSA) is 9.23 Å². The van der Waals surface area contributed by atoms with Gasteiger partial charge in [-0.3, -0.25) is 0 Å². The minimum Gasteiger partial charge on any atom is -0.493 e. The molecule has 1 heterocycles. The zero-order chi connectivity index (χ0) is 14.1. The molecule has 3 heteroatoms. The van der Waals surface area contributed by atoms with Gasteiger partial charge in [-0.25, -0.2) is 0 Å². The molecule has 104 valence electrons. The fourth-order valence-electron chi connectivity index (χ4n) is 2.58. The highest BCUT2D eigenvalue weighted by Gasteiger charge is 2.17. The lowest BCUT2D eigenvalue weighted by atomic mass is 9.98. The average Bonchev–Trinajstić information content (AvgIpc) is 2.49. The van der Waals surface area contributed by atoms with E-state index in [4.69, 9.17) is 4.74 Å². The van der Waals surface area contributed by atoms with Crippen LogP contribution in [0.3, 0.4) is 0 Å². The number of ether oxygens (including phenoxy) is 1. The first-order valence-electron chi connectivity index (χ1n) is 6.81. The van der Waals surface area contributed by atoms with Gasteiger partial charge in [-0.05, 0) is 48.1 Å². The molecular weight excluding hydrogens is 380 g/mol. The van der Waals surface area contributed by atoms with Crippen LogP contribution in [0.2, 0.25) is 0 Å². The van der Waals surface area contributed by atoms with Crippen LogP contribution in [0.1, 0.15) is 33.5 Å². The van der Waals surface area contributed by atoms with E-state index in [-0.39, 0.29) is 4.83 Å². The molecule has 3 rings (SSSR count). The maximum atomic E-state index is 5.68. The van der Waals surface area contributed by atoms with Gasteiger partial charge in [0, 0.05) is 4.47 Å². The van der Waals surface area contributed by atoms with Crippen molar-refractivity contribution in [2.45, 2.75) is 24.6 Å². The third kappa shape index (κ3) is 2.66. The third-order valence-corrected chi connectivity index (χ3v) is 5.83. The number of alkyl halides is 1. The van der Waals surface area contributed by atoms with Crippen molar-refractivity contribution in [1.29, 1.82) is 0 Å². The zero-order valence-corrected chi connectivity index (χ0v) is 14.5. The molecule has 2 aromatic carbocycles. The molecule has 20 heavy (non-hydrogen) atoms. The second-order valence-electron chi connectivity index (χ2n) is 5.16. The van der Waals surface area contributed by atoms with E-state index in [9.17, 15) is 0 Å². The molecule has 0 spiro atoms. The molecule has 1 aliphatic rings. The van der Waals surface area contributed by atoms with Crippen LogP contribution in [0.25, 0.3) is 0 Å². The van der Waals surface area contributed by atoms with Gasteiger partial charge in [0.2, 0.25) is 0 Å². The summed E-state index contributed by atoms with van der Waals surface area (Å²) in [5, 5.41) is 0. The highest BCUT2D eigenvalue weighted by atomic mass is 79.9. The lowest BCUT2D eigenvalue weighted by Crippen LogP contribution is -2.09. The largest absolute Gasteiger partial charge is 0.493 e. The predicted octanol–water partition coefficient (Wildman–Crippen LogP) is 5.57. The summed E-state index contributed by atoms with van der Waals surface area (Å²) in [4.78, 5) is 0.198. The lowest BCUT2D eigenvalue weighted by molar-refractivity contribution is 0.288. The summed E-state index contributed by atoms with van der Waals surface area (Å²) in [7, 11) is 0. The molecule has 2 aromatic rings. The highest BCUT2D eigenvalue weighted by Crippen LogP contribution is 2.38. The quantitative estimate of drug-likeness (QED) is 0.604. The Morgan fingerprint density at radius 3 is 2.90 bits per heavy atom. The van der Waals surface area contributed by atoms with Crippen molar-refractivity contribution >= 4 is 31.9 Å². The van der Waals surface area contributed by atoms with Crippen LogP contribution in [0, 0.1) is 6.92 Å². The van der Waals surface area contributed by atoms with Crippen LogP contribution in [0.5, 0.6) is 5.75 Å². The van der Waals surface area contributed by atoms with E-state index in [1.807, 2.05) is 0 Å². The number of halogens is 2. The Bertz CT molecular complexity index is 637. The molecule has 1 unspecified atom stereocenters. The molecule has 1 aliphatic heterocycles. The van der Waals surface area contributed by atoms with Gasteiger partial charge in [0.15, 0.2) is 0 Å². The van der Waals surface area contributed by atoms with Crippen molar-refractivity contribution < 1.29 is 4.74 Å². The van der Waals surface area contributed by atoms with Crippen LogP contribution in [0.4, 0.5) is 0 Å². The second kappa shape index (κ2) is 5.90. The highest BCUT2D eigenvalue weighted by molar-refractivity contribution is 9.11. The van der Waals surface area contributed by atoms with Crippen molar-refractivity contribution in [1.82, 2.24) is 0 Å². The first-order chi connectivity index (χ1) is 9.66. The average molecular weight is 396 g/mol. The maximum absolute atomic E-state index is 5.68. The molecule has 0 radical (unpaired) electrons. The van der Waals surface area contributed by atoms with Gasteiger partial charge in [-0.2, -0.15) is 0 Å². The summed E-state index contributed by atoms with van der Waals surface area (Å²) in [5.74, 6) is 1.04. The van der Waals surface area contributed by atoms with E-state index in [2.05, 4.69) is 75.2 Å². The Labute approximate surface area is 136 Å². The molecule has 1 nitrogen and oxygen atoms in total. The van der Waals surface area contributed by atoms with Gasteiger partial charge in [0.05, 0.1) is 11.4 Å². The number of fused-ring (bicyclic) bond motifs is 1. The molecule has 0 saturated carbocycles. The van der Waals surface area contributed by atoms with E-state index in [1.165, 1.54) is 26.7 Å². The number of rotatable bonds is 2. The Kier molecular flexibility index (Phi) is 4.18. The van der Waals surface area contributed by atoms with E-state index in [1.54, 1.807) is 0 Å². The fourth-order valence-corrected chi connectivity index (χ4v) is 4.05. The zero-order valence-electron chi connectivity index (χ0n) is 11.3. The summed E-state index contributed by atoms with van der Waals surface area (Å²) in [6.07, 6.45) is 2.22. The first-order valence-corrected chi connectivity index (χ1v) is 8.52. The van der Waals surface area contributed by atoms with E-state index >= 15 is 0 Å². The Hall–Kier alpha value is -0.800. The van der Waals surface area contributed by atoms with Crippen LogP contribution in [-0.4, -0.2) is 6.61 Å². The Balaban J connectivity index is 1.98. The molecule has 0 fully saturated rings. The summed E-state index contributed by atoms with van der Waals surface area (Å²) in [6, 6.07) is 12.9. The molecule has 0 amide bonds. The molecule has 0 aromatic heterocycles.